The zero-order chi connectivity index (χ0) is 18.2. The Morgan fingerprint density at radius 1 is 0.808 bits per heavy atom. The van der Waals surface area contributed by atoms with Crippen LogP contribution in [0.3, 0.4) is 0 Å². The molecule has 4 aromatic rings. The SMILES string of the molecule is COc1nccc2c(Nc3ccccc3)ccnc12.Nc1ccccc1. The van der Waals surface area contributed by atoms with Gasteiger partial charge in [0.25, 0.3) is 0 Å². The maximum atomic E-state index is 5.36. The van der Waals surface area contributed by atoms with E-state index in [0.717, 1.165) is 28.0 Å². The Hall–Kier alpha value is -3.60. The first kappa shape index (κ1) is 17.2. The Morgan fingerprint density at radius 2 is 1.46 bits per heavy atom. The molecule has 0 bridgehead atoms. The molecule has 0 aliphatic rings. The van der Waals surface area contributed by atoms with Gasteiger partial charge in [-0.1, -0.05) is 36.4 Å². The number of hydrogen-bond acceptors (Lipinski definition) is 5. The Labute approximate surface area is 152 Å². The second kappa shape index (κ2) is 8.48. The maximum absolute atomic E-state index is 5.36. The fraction of sp³-hybridized carbons (Fsp3) is 0.0476. The quantitative estimate of drug-likeness (QED) is 0.529. The van der Waals surface area contributed by atoms with Crippen molar-refractivity contribution in [3.05, 3.63) is 85.2 Å². The van der Waals surface area contributed by atoms with Crippen LogP contribution in [0.4, 0.5) is 17.1 Å². The molecule has 2 aromatic carbocycles. The molecule has 0 radical (unpaired) electrons. The summed E-state index contributed by atoms with van der Waals surface area (Å²) in [4.78, 5) is 8.49. The van der Waals surface area contributed by atoms with Crippen molar-refractivity contribution in [3.63, 3.8) is 0 Å². The number of nitrogens with one attached hydrogen (secondary N) is 1. The number of nitrogens with two attached hydrogens (primary N) is 1. The van der Waals surface area contributed by atoms with E-state index in [2.05, 4.69) is 15.3 Å². The van der Waals surface area contributed by atoms with Crippen molar-refractivity contribution in [3.8, 4) is 5.88 Å². The third kappa shape index (κ3) is 4.27. The molecule has 0 aliphatic heterocycles. The standard InChI is InChI=1S/C15H13N3O.C6H7N/c1-19-15-14-12(7-9-17-15)13(8-10-16-14)18-11-5-3-2-4-6-11;7-6-4-2-1-3-5-6/h2-10H,1H3,(H,16,18);1-5H,7H2. The first-order valence-corrected chi connectivity index (χ1v) is 8.18. The van der Waals surface area contributed by atoms with Crippen molar-refractivity contribution in [1.29, 1.82) is 0 Å². The molecular formula is C21H20N4O. The molecule has 0 saturated carbocycles. The van der Waals surface area contributed by atoms with Crippen LogP contribution in [0.2, 0.25) is 0 Å². The van der Waals surface area contributed by atoms with Gasteiger partial charge in [-0.2, -0.15) is 0 Å². The van der Waals surface area contributed by atoms with E-state index >= 15 is 0 Å². The van der Waals surface area contributed by atoms with Gasteiger partial charge in [0.15, 0.2) is 0 Å². The summed E-state index contributed by atoms with van der Waals surface area (Å²) in [6, 6.07) is 23.4. The zero-order valence-corrected chi connectivity index (χ0v) is 14.5. The molecule has 0 unspecified atom stereocenters. The van der Waals surface area contributed by atoms with Gasteiger partial charge in [0.2, 0.25) is 5.88 Å². The molecule has 0 aliphatic carbocycles. The number of ether oxygens (including phenoxy) is 1. The Morgan fingerprint density at radius 3 is 2.08 bits per heavy atom. The number of aromatic nitrogens is 2. The minimum atomic E-state index is 0.536. The third-order valence-corrected chi connectivity index (χ3v) is 3.67. The van der Waals surface area contributed by atoms with Gasteiger partial charge in [0.1, 0.15) is 5.52 Å². The molecule has 5 heteroatoms. The van der Waals surface area contributed by atoms with E-state index in [1.165, 1.54) is 0 Å². The van der Waals surface area contributed by atoms with Gasteiger partial charge in [0, 0.05) is 34.8 Å². The lowest BCUT2D eigenvalue weighted by Crippen LogP contribution is -1.95. The highest BCUT2D eigenvalue weighted by Gasteiger charge is 2.07. The third-order valence-electron chi connectivity index (χ3n) is 3.67. The lowest BCUT2D eigenvalue weighted by atomic mass is 10.2. The number of para-hydroxylation sites is 2. The highest BCUT2D eigenvalue weighted by Crippen LogP contribution is 2.28. The number of hydrogen-bond donors (Lipinski definition) is 2. The van der Waals surface area contributed by atoms with Crippen LogP contribution in [0, 0.1) is 0 Å². The summed E-state index contributed by atoms with van der Waals surface area (Å²) in [5, 5.41) is 4.36. The molecule has 0 atom stereocenters. The molecule has 3 N–H and O–H groups in total. The van der Waals surface area contributed by atoms with Gasteiger partial charge in [-0.25, -0.2) is 4.98 Å². The predicted octanol–water partition coefficient (Wildman–Crippen LogP) is 4.65. The number of anilines is 3. The topological polar surface area (TPSA) is 73.1 Å². The fourth-order valence-corrected chi connectivity index (χ4v) is 2.44. The van der Waals surface area contributed by atoms with Gasteiger partial charge in [-0.05, 0) is 36.4 Å². The van der Waals surface area contributed by atoms with Crippen LogP contribution < -0.4 is 15.8 Å². The monoisotopic (exact) mass is 344 g/mol. The molecule has 26 heavy (non-hydrogen) atoms. The smallest absolute Gasteiger partial charge is 0.240 e. The number of nitrogens with zero attached hydrogens (tertiary/aromatic N) is 2. The van der Waals surface area contributed by atoms with E-state index in [1.807, 2.05) is 72.8 Å². The number of nitrogen functional groups attached to an aromatic ring is 1. The van der Waals surface area contributed by atoms with Crippen molar-refractivity contribution in [2.45, 2.75) is 0 Å². The van der Waals surface area contributed by atoms with Gasteiger partial charge < -0.3 is 15.8 Å². The number of methoxy groups -OCH3 is 1. The van der Waals surface area contributed by atoms with Gasteiger partial charge >= 0.3 is 0 Å². The Kier molecular flexibility index (Phi) is 5.62. The number of rotatable bonds is 3. The molecule has 2 aromatic heterocycles. The lowest BCUT2D eigenvalue weighted by molar-refractivity contribution is 0.402. The molecule has 0 amide bonds. The van der Waals surface area contributed by atoms with E-state index in [1.54, 1.807) is 19.5 Å². The largest absolute Gasteiger partial charge is 0.479 e. The van der Waals surface area contributed by atoms with Gasteiger partial charge in [-0.15, -0.1) is 0 Å². The summed E-state index contributed by atoms with van der Waals surface area (Å²) in [6.45, 7) is 0. The minimum absolute atomic E-state index is 0.536. The van der Waals surface area contributed by atoms with Crippen LogP contribution in [0.1, 0.15) is 0 Å². The molecular weight excluding hydrogens is 324 g/mol. The number of fused-ring (bicyclic) bond motifs is 1. The van der Waals surface area contributed by atoms with E-state index in [9.17, 15) is 0 Å². The Bertz CT molecular complexity index is 959. The van der Waals surface area contributed by atoms with E-state index < -0.39 is 0 Å². The van der Waals surface area contributed by atoms with Gasteiger partial charge in [0.05, 0.1) is 7.11 Å². The molecule has 0 fully saturated rings. The summed E-state index contributed by atoms with van der Waals surface area (Å²) in [6.07, 6.45) is 3.47. The maximum Gasteiger partial charge on any atom is 0.240 e. The molecule has 2 heterocycles. The average molecular weight is 344 g/mol. The summed E-state index contributed by atoms with van der Waals surface area (Å²) < 4.78 is 5.23. The van der Waals surface area contributed by atoms with E-state index in [0.29, 0.717) is 5.88 Å². The molecule has 4 rings (SSSR count). The van der Waals surface area contributed by atoms with Crippen molar-refractivity contribution >= 4 is 28.0 Å². The summed E-state index contributed by atoms with van der Waals surface area (Å²) in [5.41, 5.74) is 8.95. The second-order valence-electron chi connectivity index (χ2n) is 5.48. The van der Waals surface area contributed by atoms with Crippen LogP contribution >= 0.6 is 0 Å². The van der Waals surface area contributed by atoms with Crippen molar-refractivity contribution in [2.24, 2.45) is 0 Å². The van der Waals surface area contributed by atoms with Crippen LogP contribution in [0.25, 0.3) is 10.9 Å². The molecule has 0 saturated heterocycles. The van der Waals surface area contributed by atoms with Crippen LogP contribution in [-0.2, 0) is 0 Å². The first-order valence-electron chi connectivity index (χ1n) is 8.18. The number of pyridine rings is 2. The highest BCUT2D eigenvalue weighted by atomic mass is 16.5. The number of benzene rings is 2. The normalized spacial score (nSPS) is 9.88. The Balaban J connectivity index is 0.000000236. The van der Waals surface area contributed by atoms with Gasteiger partial charge in [-0.3, -0.25) is 4.98 Å². The van der Waals surface area contributed by atoms with Crippen LogP contribution in [0.15, 0.2) is 85.2 Å². The highest BCUT2D eigenvalue weighted by molar-refractivity contribution is 5.95. The van der Waals surface area contributed by atoms with Crippen molar-refractivity contribution < 1.29 is 4.74 Å². The summed E-state index contributed by atoms with van der Waals surface area (Å²) in [7, 11) is 1.60. The van der Waals surface area contributed by atoms with Crippen molar-refractivity contribution in [2.75, 3.05) is 18.2 Å². The summed E-state index contributed by atoms with van der Waals surface area (Å²) in [5.74, 6) is 0.536. The predicted molar refractivity (Wildman–Crippen MR) is 107 cm³/mol. The van der Waals surface area contributed by atoms with Crippen LogP contribution in [0.5, 0.6) is 5.88 Å². The summed E-state index contributed by atoms with van der Waals surface area (Å²) >= 11 is 0. The molecule has 130 valence electrons. The van der Waals surface area contributed by atoms with E-state index in [4.69, 9.17) is 10.5 Å². The zero-order valence-electron chi connectivity index (χ0n) is 14.5. The minimum Gasteiger partial charge on any atom is -0.479 e. The second-order valence-corrected chi connectivity index (χ2v) is 5.48. The average Bonchev–Trinajstić information content (AvgIpc) is 2.70. The van der Waals surface area contributed by atoms with Crippen LogP contribution in [-0.4, -0.2) is 17.1 Å². The molecule has 0 spiro atoms. The van der Waals surface area contributed by atoms with Crippen molar-refractivity contribution in [1.82, 2.24) is 9.97 Å². The fourth-order valence-electron chi connectivity index (χ4n) is 2.44. The molecule has 5 nitrogen and oxygen atoms in total. The lowest BCUT2D eigenvalue weighted by Gasteiger charge is -2.10. The van der Waals surface area contributed by atoms with E-state index in [-0.39, 0.29) is 0 Å². The first-order chi connectivity index (χ1) is 12.8.